The molecule has 0 aliphatic heterocycles. The Balaban J connectivity index is 2.63. The molecule has 0 saturated carbocycles. The Morgan fingerprint density at radius 3 is 2.83 bits per heavy atom. The molecule has 0 saturated heterocycles. The zero-order chi connectivity index (χ0) is 13.4. The highest BCUT2D eigenvalue weighted by Gasteiger charge is 2.06. The van der Waals surface area contributed by atoms with Crippen molar-refractivity contribution < 1.29 is 9.84 Å². The molecule has 0 heterocycles. The Morgan fingerprint density at radius 1 is 1.44 bits per heavy atom. The molecule has 3 nitrogen and oxygen atoms in total. The van der Waals surface area contributed by atoms with Crippen LogP contribution in [-0.2, 0) is 12.3 Å². The molecule has 1 rings (SSSR count). The van der Waals surface area contributed by atoms with E-state index in [0.717, 1.165) is 23.8 Å². The Hall–Kier alpha value is -0.710. The number of nitrogens with one attached hydrogen (secondary N) is 1. The number of methoxy groups -OCH3 is 1. The largest absolute Gasteiger partial charge is 0.496 e. The van der Waals surface area contributed by atoms with Gasteiger partial charge in [-0.2, -0.15) is 11.8 Å². The molecule has 0 bridgehead atoms. The maximum Gasteiger partial charge on any atom is 0.122 e. The lowest BCUT2D eigenvalue weighted by atomic mass is 10.1. The second-order valence-corrected chi connectivity index (χ2v) is 5.51. The standard InChI is InChI=1S/C14H23NO2S/c1-11(8-16)9-18-10-13-6-12(7-15-2)4-5-14(13)17-3/h4-6,11,15-16H,7-10H2,1-3H3. The third kappa shape index (κ3) is 4.88. The number of thioether (sulfide) groups is 1. The number of hydrogen-bond acceptors (Lipinski definition) is 4. The van der Waals surface area contributed by atoms with Gasteiger partial charge in [0.15, 0.2) is 0 Å². The van der Waals surface area contributed by atoms with Crippen molar-refractivity contribution in [3.8, 4) is 5.75 Å². The summed E-state index contributed by atoms with van der Waals surface area (Å²) in [5.41, 5.74) is 2.49. The Bertz CT molecular complexity index is 358. The molecule has 2 N–H and O–H groups in total. The number of benzene rings is 1. The summed E-state index contributed by atoms with van der Waals surface area (Å²) in [4.78, 5) is 0. The van der Waals surface area contributed by atoms with Crippen LogP contribution in [0.4, 0.5) is 0 Å². The van der Waals surface area contributed by atoms with E-state index in [1.807, 2.05) is 24.9 Å². The van der Waals surface area contributed by atoms with Gasteiger partial charge in [0.1, 0.15) is 5.75 Å². The number of aliphatic hydroxyl groups is 1. The van der Waals surface area contributed by atoms with Crippen LogP contribution in [0, 0.1) is 5.92 Å². The highest BCUT2D eigenvalue weighted by molar-refractivity contribution is 7.98. The zero-order valence-electron chi connectivity index (χ0n) is 11.4. The number of hydrogen-bond donors (Lipinski definition) is 2. The smallest absolute Gasteiger partial charge is 0.122 e. The monoisotopic (exact) mass is 269 g/mol. The summed E-state index contributed by atoms with van der Waals surface area (Å²) < 4.78 is 5.38. The van der Waals surface area contributed by atoms with Crippen molar-refractivity contribution in [2.75, 3.05) is 26.5 Å². The van der Waals surface area contributed by atoms with Gasteiger partial charge in [0.2, 0.25) is 0 Å². The molecule has 1 aromatic rings. The first-order valence-corrected chi connectivity index (χ1v) is 7.35. The van der Waals surface area contributed by atoms with Crippen LogP contribution >= 0.6 is 11.8 Å². The van der Waals surface area contributed by atoms with Crippen LogP contribution in [0.3, 0.4) is 0 Å². The van der Waals surface area contributed by atoms with E-state index in [9.17, 15) is 0 Å². The van der Waals surface area contributed by atoms with Gasteiger partial charge in [0, 0.05) is 24.5 Å². The van der Waals surface area contributed by atoms with Crippen LogP contribution in [0.25, 0.3) is 0 Å². The molecule has 4 heteroatoms. The van der Waals surface area contributed by atoms with Crippen LogP contribution in [-0.4, -0.2) is 31.6 Å². The molecule has 0 radical (unpaired) electrons. The summed E-state index contributed by atoms with van der Waals surface area (Å²) in [5.74, 6) is 3.18. The fourth-order valence-corrected chi connectivity index (χ4v) is 2.75. The van der Waals surface area contributed by atoms with Crippen molar-refractivity contribution >= 4 is 11.8 Å². The van der Waals surface area contributed by atoms with E-state index in [4.69, 9.17) is 9.84 Å². The third-order valence-corrected chi connectivity index (χ3v) is 4.02. The quantitative estimate of drug-likeness (QED) is 0.760. The molecular formula is C14H23NO2S. The maximum atomic E-state index is 9.00. The average molecular weight is 269 g/mol. The highest BCUT2D eigenvalue weighted by atomic mass is 32.2. The lowest BCUT2D eigenvalue weighted by Gasteiger charge is -2.12. The lowest BCUT2D eigenvalue weighted by Crippen LogP contribution is -2.06. The van der Waals surface area contributed by atoms with Gasteiger partial charge in [0.25, 0.3) is 0 Å². The summed E-state index contributed by atoms with van der Waals surface area (Å²) in [6, 6.07) is 6.30. The first-order chi connectivity index (χ1) is 8.71. The molecule has 0 fully saturated rings. The SMILES string of the molecule is CNCc1ccc(OC)c(CSCC(C)CO)c1. The van der Waals surface area contributed by atoms with E-state index in [-0.39, 0.29) is 6.61 Å². The molecule has 0 aromatic heterocycles. The minimum atomic E-state index is 0.254. The van der Waals surface area contributed by atoms with Gasteiger partial charge in [-0.15, -0.1) is 0 Å². The molecule has 18 heavy (non-hydrogen) atoms. The maximum absolute atomic E-state index is 9.00. The Morgan fingerprint density at radius 2 is 2.22 bits per heavy atom. The van der Waals surface area contributed by atoms with Gasteiger partial charge in [-0.1, -0.05) is 13.0 Å². The van der Waals surface area contributed by atoms with Crippen LogP contribution in [0.5, 0.6) is 5.75 Å². The van der Waals surface area contributed by atoms with Crippen LogP contribution < -0.4 is 10.1 Å². The third-order valence-electron chi connectivity index (χ3n) is 2.70. The summed E-state index contributed by atoms with van der Waals surface area (Å²) in [6.07, 6.45) is 0. The predicted molar refractivity (Wildman–Crippen MR) is 78.2 cm³/mol. The van der Waals surface area contributed by atoms with Crippen LogP contribution in [0.15, 0.2) is 18.2 Å². The van der Waals surface area contributed by atoms with Crippen LogP contribution in [0.2, 0.25) is 0 Å². The van der Waals surface area contributed by atoms with E-state index in [1.54, 1.807) is 7.11 Å². The number of aliphatic hydroxyl groups excluding tert-OH is 1. The molecule has 1 atom stereocenters. The molecular weight excluding hydrogens is 246 g/mol. The second kappa shape index (κ2) is 8.40. The highest BCUT2D eigenvalue weighted by Crippen LogP contribution is 2.25. The van der Waals surface area contributed by atoms with Gasteiger partial charge >= 0.3 is 0 Å². The number of ether oxygens (including phenoxy) is 1. The summed E-state index contributed by atoms with van der Waals surface area (Å²) in [6.45, 7) is 3.18. The first kappa shape index (κ1) is 15.3. The van der Waals surface area contributed by atoms with Gasteiger partial charge in [-0.25, -0.2) is 0 Å². The lowest BCUT2D eigenvalue weighted by molar-refractivity contribution is 0.250. The summed E-state index contributed by atoms with van der Waals surface area (Å²) >= 11 is 1.83. The van der Waals surface area contributed by atoms with Crippen molar-refractivity contribution in [2.45, 2.75) is 19.2 Å². The van der Waals surface area contributed by atoms with E-state index in [0.29, 0.717) is 5.92 Å². The van der Waals surface area contributed by atoms with E-state index in [1.165, 1.54) is 11.1 Å². The van der Waals surface area contributed by atoms with E-state index < -0.39 is 0 Å². The molecule has 0 amide bonds. The van der Waals surface area contributed by atoms with Gasteiger partial charge in [-0.3, -0.25) is 0 Å². The van der Waals surface area contributed by atoms with Crippen molar-refractivity contribution in [1.82, 2.24) is 5.32 Å². The molecule has 0 aliphatic carbocycles. The Labute approximate surface area is 114 Å². The van der Waals surface area contributed by atoms with Gasteiger partial charge in [0.05, 0.1) is 7.11 Å². The minimum Gasteiger partial charge on any atom is -0.496 e. The minimum absolute atomic E-state index is 0.254. The molecule has 0 spiro atoms. The van der Waals surface area contributed by atoms with Crippen LogP contribution in [0.1, 0.15) is 18.1 Å². The van der Waals surface area contributed by atoms with Crippen molar-refractivity contribution in [1.29, 1.82) is 0 Å². The topological polar surface area (TPSA) is 41.5 Å². The fraction of sp³-hybridized carbons (Fsp3) is 0.571. The van der Waals surface area contributed by atoms with Crippen molar-refractivity contribution in [2.24, 2.45) is 5.92 Å². The average Bonchev–Trinajstić information content (AvgIpc) is 2.39. The van der Waals surface area contributed by atoms with Crippen molar-refractivity contribution in [3.05, 3.63) is 29.3 Å². The van der Waals surface area contributed by atoms with Gasteiger partial charge < -0.3 is 15.2 Å². The Kier molecular flexibility index (Phi) is 7.16. The zero-order valence-corrected chi connectivity index (χ0v) is 12.2. The van der Waals surface area contributed by atoms with Gasteiger partial charge in [-0.05, 0) is 36.4 Å². The molecule has 102 valence electrons. The summed E-state index contributed by atoms with van der Waals surface area (Å²) in [5, 5.41) is 12.2. The predicted octanol–water partition coefficient (Wildman–Crippen LogP) is 2.28. The fourth-order valence-electron chi connectivity index (χ4n) is 1.68. The molecule has 1 aromatic carbocycles. The molecule has 1 unspecified atom stereocenters. The normalized spacial score (nSPS) is 12.4. The van der Waals surface area contributed by atoms with E-state index >= 15 is 0 Å². The molecule has 0 aliphatic rings. The first-order valence-electron chi connectivity index (χ1n) is 6.20. The number of rotatable bonds is 8. The summed E-state index contributed by atoms with van der Waals surface area (Å²) in [7, 11) is 3.65. The van der Waals surface area contributed by atoms with Crippen molar-refractivity contribution in [3.63, 3.8) is 0 Å². The second-order valence-electron chi connectivity index (χ2n) is 4.48. The van der Waals surface area contributed by atoms with E-state index in [2.05, 4.69) is 24.4 Å².